The fourth-order valence-corrected chi connectivity index (χ4v) is 2.92. The lowest BCUT2D eigenvalue weighted by molar-refractivity contribution is 0.0639. The van der Waals surface area contributed by atoms with Gasteiger partial charge in [-0.25, -0.2) is 0 Å². The summed E-state index contributed by atoms with van der Waals surface area (Å²) < 4.78 is 16.2. The summed E-state index contributed by atoms with van der Waals surface area (Å²) in [5, 5.41) is 10.5. The second-order valence-corrected chi connectivity index (χ2v) is 7.41. The van der Waals surface area contributed by atoms with E-state index in [1.165, 1.54) is 5.56 Å². The Morgan fingerprint density at radius 2 is 1.61 bits per heavy atom. The molecule has 0 saturated heterocycles. The molecule has 154 valence electrons. The van der Waals surface area contributed by atoms with Crippen molar-refractivity contribution in [2.45, 2.75) is 32.9 Å². The van der Waals surface area contributed by atoms with Crippen LogP contribution < -0.4 is 14.2 Å². The highest BCUT2D eigenvalue weighted by Crippen LogP contribution is 2.18. The van der Waals surface area contributed by atoms with Crippen LogP contribution in [0.1, 0.15) is 25.8 Å². The third-order valence-electron chi connectivity index (χ3n) is 4.53. The number of aliphatic hydroxyl groups is 1. The fraction of sp³-hybridized carbons (Fsp3) is 0.478. The van der Waals surface area contributed by atoms with Gasteiger partial charge in [-0.2, -0.15) is 0 Å². The number of nitrogens with zero attached hydrogens (tertiary/aromatic N) is 1. The van der Waals surface area contributed by atoms with E-state index in [2.05, 4.69) is 24.8 Å². The van der Waals surface area contributed by atoms with E-state index in [4.69, 9.17) is 14.2 Å². The molecule has 0 aromatic heterocycles. The molecule has 0 aliphatic carbocycles. The van der Waals surface area contributed by atoms with Crippen LogP contribution in [-0.2, 0) is 6.54 Å². The van der Waals surface area contributed by atoms with Crippen LogP contribution in [0, 0.1) is 5.92 Å². The maximum Gasteiger partial charge on any atom is 0.119 e. The van der Waals surface area contributed by atoms with Crippen LogP contribution in [0.5, 0.6) is 17.2 Å². The van der Waals surface area contributed by atoms with Crippen molar-refractivity contribution in [1.82, 2.24) is 4.90 Å². The van der Waals surface area contributed by atoms with Crippen molar-refractivity contribution >= 4 is 0 Å². The van der Waals surface area contributed by atoms with E-state index in [1.807, 2.05) is 42.5 Å². The molecule has 1 atom stereocenters. The number of benzene rings is 2. The summed E-state index contributed by atoms with van der Waals surface area (Å²) >= 11 is 0. The van der Waals surface area contributed by atoms with E-state index in [0.29, 0.717) is 12.5 Å². The molecule has 0 unspecified atom stereocenters. The molecule has 0 heterocycles. The van der Waals surface area contributed by atoms with Gasteiger partial charge in [0.1, 0.15) is 30.0 Å². The predicted octanol–water partition coefficient (Wildman–Crippen LogP) is 3.99. The summed E-state index contributed by atoms with van der Waals surface area (Å²) in [7, 11) is 3.31. The Morgan fingerprint density at radius 1 is 0.929 bits per heavy atom. The lowest BCUT2D eigenvalue weighted by Crippen LogP contribution is -2.36. The SMILES string of the molecule is COc1ccc(OC[C@@H](O)CN(CCC(C)C)Cc2cccc(OC)c2)cc1. The fourth-order valence-electron chi connectivity index (χ4n) is 2.92. The Balaban J connectivity index is 1.91. The molecule has 0 bridgehead atoms. The average molecular weight is 388 g/mol. The van der Waals surface area contributed by atoms with Gasteiger partial charge in [-0.3, -0.25) is 4.90 Å². The van der Waals surface area contributed by atoms with E-state index >= 15 is 0 Å². The highest BCUT2D eigenvalue weighted by Gasteiger charge is 2.14. The zero-order valence-electron chi connectivity index (χ0n) is 17.4. The normalized spacial score (nSPS) is 12.2. The Morgan fingerprint density at radius 3 is 2.25 bits per heavy atom. The van der Waals surface area contributed by atoms with Crippen LogP contribution in [0.15, 0.2) is 48.5 Å². The van der Waals surface area contributed by atoms with Crippen molar-refractivity contribution in [2.75, 3.05) is 33.9 Å². The summed E-state index contributed by atoms with van der Waals surface area (Å²) in [6.07, 6.45) is 0.510. The van der Waals surface area contributed by atoms with E-state index in [0.717, 1.165) is 36.8 Å². The molecular weight excluding hydrogens is 354 g/mol. The van der Waals surface area contributed by atoms with Gasteiger partial charge in [0.2, 0.25) is 0 Å². The number of ether oxygens (including phenoxy) is 3. The summed E-state index contributed by atoms with van der Waals surface area (Å²) in [5.41, 5.74) is 1.17. The molecule has 28 heavy (non-hydrogen) atoms. The minimum absolute atomic E-state index is 0.253. The highest BCUT2D eigenvalue weighted by atomic mass is 16.5. The Bertz CT molecular complexity index is 687. The topological polar surface area (TPSA) is 51.2 Å². The number of rotatable bonds is 12. The molecule has 0 aliphatic rings. The van der Waals surface area contributed by atoms with Crippen LogP contribution in [0.25, 0.3) is 0 Å². The van der Waals surface area contributed by atoms with Crippen molar-refractivity contribution in [1.29, 1.82) is 0 Å². The van der Waals surface area contributed by atoms with Crippen molar-refractivity contribution in [2.24, 2.45) is 5.92 Å². The first kappa shape index (κ1) is 22.1. The Labute approximate surface area is 168 Å². The predicted molar refractivity (Wildman–Crippen MR) is 112 cm³/mol. The quantitative estimate of drug-likeness (QED) is 0.597. The first-order valence-electron chi connectivity index (χ1n) is 9.80. The van der Waals surface area contributed by atoms with E-state index < -0.39 is 6.10 Å². The van der Waals surface area contributed by atoms with Gasteiger partial charge in [0.05, 0.1) is 14.2 Å². The summed E-state index contributed by atoms with van der Waals surface area (Å²) in [6, 6.07) is 15.5. The van der Waals surface area contributed by atoms with Gasteiger partial charge in [-0.05, 0) is 60.8 Å². The molecular formula is C23H33NO4. The first-order valence-corrected chi connectivity index (χ1v) is 9.80. The smallest absolute Gasteiger partial charge is 0.119 e. The summed E-state index contributed by atoms with van der Waals surface area (Å²) in [5.74, 6) is 2.97. The second-order valence-electron chi connectivity index (χ2n) is 7.41. The van der Waals surface area contributed by atoms with Crippen LogP contribution in [0.4, 0.5) is 0 Å². The summed E-state index contributed by atoms with van der Waals surface area (Å²) in [6.45, 7) is 6.93. The van der Waals surface area contributed by atoms with Crippen molar-refractivity contribution < 1.29 is 19.3 Å². The van der Waals surface area contributed by atoms with Crippen molar-refractivity contribution in [3.63, 3.8) is 0 Å². The van der Waals surface area contributed by atoms with Gasteiger partial charge in [0, 0.05) is 13.1 Å². The third-order valence-corrected chi connectivity index (χ3v) is 4.53. The van der Waals surface area contributed by atoms with Gasteiger partial charge in [0.25, 0.3) is 0 Å². The van der Waals surface area contributed by atoms with Crippen LogP contribution >= 0.6 is 0 Å². The van der Waals surface area contributed by atoms with Gasteiger partial charge in [-0.15, -0.1) is 0 Å². The molecule has 0 saturated carbocycles. The molecule has 2 aromatic carbocycles. The molecule has 0 radical (unpaired) electrons. The molecule has 0 amide bonds. The molecule has 2 rings (SSSR count). The lowest BCUT2D eigenvalue weighted by atomic mass is 10.1. The molecule has 0 aliphatic heterocycles. The van der Waals surface area contributed by atoms with Crippen LogP contribution in [-0.4, -0.2) is 50.0 Å². The Kier molecular flexibility index (Phi) is 9.11. The van der Waals surface area contributed by atoms with Gasteiger partial charge in [0.15, 0.2) is 0 Å². The molecule has 1 N–H and O–H groups in total. The maximum atomic E-state index is 10.5. The highest BCUT2D eigenvalue weighted by molar-refractivity contribution is 5.31. The molecule has 0 fully saturated rings. The van der Waals surface area contributed by atoms with Crippen LogP contribution in [0.3, 0.4) is 0 Å². The monoisotopic (exact) mass is 387 g/mol. The zero-order chi connectivity index (χ0) is 20.4. The molecule has 5 heteroatoms. The van der Waals surface area contributed by atoms with Crippen molar-refractivity contribution in [3.8, 4) is 17.2 Å². The second kappa shape index (κ2) is 11.6. The average Bonchev–Trinajstić information content (AvgIpc) is 2.71. The molecule has 0 spiro atoms. The summed E-state index contributed by atoms with van der Waals surface area (Å²) in [4.78, 5) is 2.27. The Hall–Kier alpha value is -2.24. The minimum atomic E-state index is -0.570. The minimum Gasteiger partial charge on any atom is -0.497 e. The third kappa shape index (κ3) is 7.79. The maximum absolute atomic E-state index is 10.5. The molecule has 2 aromatic rings. The standard InChI is InChI=1S/C23H33NO4/c1-18(2)12-13-24(15-19-6-5-7-23(14-19)27-4)16-20(25)17-28-22-10-8-21(26-3)9-11-22/h5-11,14,18,20,25H,12-13,15-17H2,1-4H3/t20-/m0/s1. The van der Waals surface area contributed by atoms with Gasteiger partial charge < -0.3 is 19.3 Å². The first-order chi connectivity index (χ1) is 13.5. The molecule has 5 nitrogen and oxygen atoms in total. The van der Waals surface area contributed by atoms with E-state index in [-0.39, 0.29) is 6.61 Å². The van der Waals surface area contributed by atoms with Crippen molar-refractivity contribution in [3.05, 3.63) is 54.1 Å². The zero-order valence-corrected chi connectivity index (χ0v) is 17.4. The number of methoxy groups -OCH3 is 2. The number of hydrogen-bond acceptors (Lipinski definition) is 5. The van der Waals surface area contributed by atoms with E-state index in [9.17, 15) is 5.11 Å². The van der Waals surface area contributed by atoms with Gasteiger partial charge >= 0.3 is 0 Å². The lowest BCUT2D eigenvalue weighted by Gasteiger charge is -2.26. The van der Waals surface area contributed by atoms with E-state index in [1.54, 1.807) is 14.2 Å². The largest absolute Gasteiger partial charge is 0.497 e. The number of hydrogen-bond donors (Lipinski definition) is 1. The van der Waals surface area contributed by atoms with Gasteiger partial charge in [-0.1, -0.05) is 26.0 Å². The number of aliphatic hydroxyl groups excluding tert-OH is 1. The van der Waals surface area contributed by atoms with Crippen LogP contribution in [0.2, 0.25) is 0 Å².